The van der Waals surface area contributed by atoms with Crippen molar-refractivity contribution in [2.24, 2.45) is 10.9 Å². The van der Waals surface area contributed by atoms with E-state index in [1.807, 2.05) is 0 Å². The van der Waals surface area contributed by atoms with E-state index in [0.29, 0.717) is 26.4 Å². The van der Waals surface area contributed by atoms with Gasteiger partial charge in [-0.2, -0.15) is 0 Å². The summed E-state index contributed by atoms with van der Waals surface area (Å²) in [5.41, 5.74) is 0. The highest BCUT2D eigenvalue weighted by molar-refractivity contribution is 5.80. The molecule has 0 aromatic heterocycles. The van der Waals surface area contributed by atoms with Crippen LogP contribution in [0.1, 0.15) is 46.5 Å². The lowest BCUT2D eigenvalue weighted by atomic mass is 10.00. The second-order valence-corrected chi connectivity index (χ2v) is 5.98. The van der Waals surface area contributed by atoms with Crippen molar-refractivity contribution in [3.05, 3.63) is 0 Å². The highest BCUT2D eigenvalue weighted by atomic mass is 16.5. The van der Waals surface area contributed by atoms with Crippen LogP contribution in [-0.2, 0) is 9.47 Å². The quantitative estimate of drug-likeness (QED) is 0.382. The van der Waals surface area contributed by atoms with E-state index >= 15 is 0 Å². The molecule has 0 atom stereocenters. The highest BCUT2D eigenvalue weighted by Gasteiger charge is 2.18. The molecule has 0 bridgehead atoms. The first kappa shape index (κ1) is 19.2. The predicted molar refractivity (Wildman–Crippen MR) is 92.5 cm³/mol. The van der Waals surface area contributed by atoms with Gasteiger partial charge in [0.25, 0.3) is 0 Å². The van der Waals surface area contributed by atoms with Crippen molar-refractivity contribution >= 4 is 5.96 Å². The van der Waals surface area contributed by atoms with E-state index in [-0.39, 0.29) is 0 Å². The Labute approximate surface area is 136 Å². The number of ether oxygens (including phenoxy) is 2. The van der Waals surface area contributed by atoms with Crippen molar-refractivity contribution in [2.45, 2.75) is 46.5 Å². The molecule has 22 heavy (non-hydrogen) atoms. The molecule has 1 rings (SSSR count). The average Bonchev–Trinajstić information content (AvgIpc) is 2.53. The Morgan fingerprint density at radius 2 is 1.77 bits per heavy atom. The fraction of sp³-hybridized carbons (Fsp3) is 0.941. The summed E-state index contributed by atoms with van der Waals surface area (Å²) in [5.74, 6) is 1.88. The standard InChI is InChI=1S/C17H35N3O2/c1-4-6-12-21-14-15-22-13-9-19-17(18-5-2)20-10-7-16(3)8-11-20/h16H,4-15H2,1-3H3,(H,18,19). The molecule has 1 fully saturated rings. The third-order valence-corrected chi connectivity index (χ3v) is 3.93. The third kappa shape index (κ3) is 8.59. The van der Waals surface area contributed by atoms with Gasteiger partial charge in [0.15, 0.2) is 5.96 Å². The average molecular weight is 313 g/mol. The molecule has 1 N–H and O–H groups in total. The summed E-state index contributed by atoms with van der Waals surface area (Å²) in [4.78, 5) is 7.05. The summed E-state index contributed by atoms with van der Waals surface area (Å²) in [6.45, 7) is 13.3. The van der Waals surface area contributed by atoms with Crippen LogP contribution in [0.2, 0.25) is 0 Å². The first-order valence-electron chi connectivity index (χ1n) is 8.96. The Hall–Kier alpha value is -0.810. The van der Waals surface area contributed by atoms with Crippen LogP contribution < -0.4 is 5.32 Å². The molecule has 5 heteroatoms. The fourth-order valence-electron chi connectivity index (χ4n) is 2.43. The summed E-state index contributed by atoms with van der Waals surface area (Å²) in [6.07, 6.45) is 4.83. The van der Waals surface area contributed by atoms with Crippen molar-refractivity contribution in [1.82, 2.24) is 10.2 Å². The number of unbranched alkanes of at least 4 members (excludes halogenated alkanes) is 1. The maximum absolute atomic E-state index is 5.57. The number of nitrogens with one attached hydrogen (secondary N) is 1. The van der Waals surface area contributed by atoms with Crippen LogP contribution in [0.15, 0.2) is 4.99 Å². The first-order valence-corrected chi connectivity index (χ1v) is 8.96. The van der Waals surface area contributed by atoms with Crippen molar-refractivity contribution in [3.8, 4) is 0 Å². The largest absolute Gasteiger partial charge is 0.379 e. The maximum atomic E-state index is 5.57. The Balaban J connectivity index is 2.14. The van der Waals surface area contributed by atoms with Gasteiger partial charge in [-0.05, 0) is 32.1 Å². The molecule has 1 heterocycles. The normalized spacial score (nSPS) is 17.0. The SMILES string of the molecule is CCCCOCCOCCN=C(NCC)N1CCC(C)CC1. The van der Waals surface area contributed by atoms with Crippen LogP contribution in [-0.4, -0.2) is 63.5 Å². The first-order chi connectivity index (χ1) is 10.8. The third-order valence-electron chi connectivity index (χ3n) is 3.93. The lowest BCUT2D eigenvalue weighted by molar-refractivity contribution is 0.0497. The number of hydrogen-bond donors (Lipinski definition) is 1. The van der Waals surface area contributed by atoms with Crippen LogP contribution >= 0.6 is 0 Å². The van der Waals surface area contributed by atoms with Crippen LogP contribution in [0.3, 0.4) is 0 Å². The Bertz CT molecular complexity index is 290. The summed E-state index contributed by atoms with van der Waals surface area (Å²) in [5, 5.41) is 3.39. The minimum absolute atomic E-state index is 0.663. The topological polar surface area (TPSA) is 46.1 Å². The second-order valence-electron chi connectivity index (χ2n) is 5.98. The Kier molecular flexibility index (Phi) is 11.1. The van der Waals surface area contributed by atoms with Crippen LogP contribution in [0.5, 0.6) is 0 Å². The number of hydrogen-bond acceptors (Lipinski definition) is 3. The Morgan fingerprint density at radius 3 is 2.41 bits per heavy atom. The smallest absolute Gasteiger partial charge is 0.193 e. The van der Waals surface area contributed by atoms with Gasteiger partial charge in [-0.15, -0.1) is 0 Å². The molecule has 0 saturated carbocycles. The molecule has 0 amide bonds. The van der Waals surface area contributed by atoms with Gasteiger partial charge >= 0.3 is 0 Å². The summed E-state index contributed by atoms with van der Waals surface area (Å²) in [6, 6.07) is 0. The van der Waals surface area contributed by atoms with E-state index < -0.39 is 0 Å². The molecule has 1 aliphatic heterocycles. The molecule has 0 unspecified atom stereocenters. The van der Waals surface area contributed by atoms with Crippen molar-refractivity contribution in [3.63, 3.8) is 0 Å². The Morgan fingerprint density at radius 1 is 1.09 bits per heavy atom. The minimum Gasteiger partial charge on any atom is -0.379 e. The fourth-order valence-corrected chi connectivity index (χ4v) is 2.43. The maximum Gasteiger partial charge on any atom is 0.193 e. The number of likely N-dealkylation sites (tertiary alicyclic amines) is 1. The molecular formula is C17H35N3O2. The summed E-state index contributed by atoms with van der Waals surface area (Å²) < 4.78 is 11.0. The van der Waals surface area contributed by atoms with Gasteiger partial charge < -0.3 is 19.7 Å². The molecule has 0 aromatic rings. The zero-order valence-corrected chi connectivity index (χ0v) is 14.8. The molecule has 0 spiro atoms. The summed E-state index contributed by atoms with van der Waals surface area (Å²) in [7, 11) is 0. The van der Waals surface area contributed by atoms with Crippen LogP contribution in [0.25, 0.3) is 0 Å². The zero-order chi connectivity index (χ0) is 16.0. The number of guanidine groups is 1. The van der Waals surface area contributed by atoms with E-state index in [2.05, 4.69) is 36.0 Å². The molecule has 0 aliphatic carbocycles. The van der Waals surface area contributed by atoms with Gasteiger partial charge in [-0.25, -0.2) is 0 Å². The summed E-state index contributed by atoms with van der Waals surface area (Å²) >= 11 is 0. The molecule has 0 aromatic carbocycles. The lowest BCUT2D eigenvalue weighted by Crippen LogP contribution is -2.45. The van der Waals surface area contributed by atoms with Crippen LogP contribution in [0.4, 0.5) is 0 Å². The van der Waals surface area contributed by atoms with E-state index in [1.165, 1.54) is 19.3 Å². The van der Waals surface area contributed by atoms with E-state index in [0.717, 1.165) is 44.5 Å². The molecule has 130 valence electrons. The van der Waals surface area contributed by atoms with E-state index in [9.17, 15) is 0 Å². The molecule has 1 aliphatic rings. The second kappa shape index (κ2) is 12.7. The minimum atomic E-state index is 0.663. The van der Waals surface area contributed by atoms with E-state index in [4.69, 9.17) is 9.47 Å². The van der Waals surface area contributed by atoms with Crippen LogP contribution in [0, 0.1) is 5.92 Å². The zero-order valence-electron chi connectivity index (χ0n) is 14.8. The number of nitrogens with zero attached hydrogens (tertiary/aromatic N) is 2. The van der Waals surface area contributed by atoms with Crippen molar-refractivity contribution in [2.75, 3.05) is 52.6 Å². The van der Waals surface area contributed by atoms with Gasteiger partial charge in [0.1, 0.15) is 0 Å². The number of aliphatic imine (C=N–C) groups is 1. The molecular weight excluding hydrogens is 278 g/mol. The van der Waals surface area contributed by atoms with E-state index in [1.54, 1.807) is 0 Å². The highest BCUT2D eigenvalue weighted by Crippen LogP contribution is 2.15. The van der Waals surface area contributed by atoms with Crippen molar-refractivity contribution < 1.29 is 9.47 Å². The molecule has 5 nitrogen and oxygen atoms in total. The van der Waals surface area contributed by atoms with Gasteiger partial charge in [0, 0.05) is 26.2 Å². The monoisotopic (exact) mass is 313 g/mol. The number of piperidine rings is 1. The predicted octanol–water partition coefficient (Wildman–Crippen LogP) is 2.52. The van der Waals surface area contributed by atoms with Gasteiger partial charge in [-0.3, -0.25) is 4.99 Å². The lowest BCUT2D eigenvalue weighted by Gasteiger charge is -2.33. The molecule has 0 radical (unpaired) electrons. The van der Waals surface area contributed by atoms with Gasteiger partial charge in [0.2, 0.25) is 0 Å². The van der Waals surface area contributed by atoms with Gasteiger partial charge in [-0.1, -0.05) is 20.3 Å². The van der Waals surface area contributed by atoms with Gasteiger partial charge in [0.05, 0.1) is 26.4 Å². The molecule has 1 saturated heterocycles. The van der Waals surface area contributed by atoms with Crippen molar-refractivity contribution in [1.29, 1.82) is 0 Å². The number of rotatable bonds is 10.